The lowest BCUT2D eigenvalue weighted by molar-refractivity contribution is -0.132. The van der Waals surface area contributed by atoms with Gasteiger partial charge in [-0.15, -0.1) is 10.2 Å². The minimum atomic E-state index is -1.05. The van der Waals surface area contributed by atoms with Gasteiger partial charge in [-0.2, -0.15) is 4.98 Å². The van der Waals surface area contributed by atoms with Crippen LogP contribution in [0.15, 0.2) is 46.0 Å². The third kappa shape index (κ3) is 4.17. The van der Waals surface area contributed by atoms with Crippen molar-refractivity contribution in [2.24, 2.45) is 0 Å². The summed E-state index contributed by atoms with van der Waals surface area (Å²) in [7, 11) is 0. The van der Waals surface area contributed by atoms with Crippen LogP contribution in [0.4, 0.5) is 5.69 Å². The number of fused-ring (bicyclic) bond motifs is 3. The summed E-state index contributed by atoms with van der Waals surface area (Å²) >= 11 is 11.0. The molecule has 0 saturated carbocycles. The Bertz CT molecular complexity index is 1240. The van der Waals surface area contributed by atoms with Gasteiger partial charge in [-0.3, -0.25) is 14.5 Å². The monoisotopic (exact) mass is 534 g/mol. The highest BCUT2D eigenvalue weighted by Crippen LogP contribution is 2.46. The number of esters is 1. The van der Waals surface area contributed by atoms with Gasteiger partial charge in [0, 0.05) is 24.4 Å². The van der Waals surface area contributed by atoms with Gasteiger partial charge in [0.25, 0.3) is 0 Å². The predicted octanol–water partition coefficient (Wildman–Crippen LogP) is 5.05. The number of anilines is 1. The van der Waals surface area contributed by atoms with Crippen molar-refractivity contribution in [3.63, 3.8) is 0 Å². The summed E-state index contributed by atoms with van der Waals surface area (Å²) in [4.78, 5) is 30.6. The van der Waals surface area contributed by atoms with E-state index in [1.165, 1.54) is 30.5 Å². The summed E-state index contributed by atoms with van der Waals surface area (Å²) in [5, 5.41) is 9.19. The number of aromatic nitrogens is 3. The fraction of sp³-hybridized carbons (Fsp3) is 0.190. The highest BCUT2D eigenvalue weighted by atomic mass is 79.9. The minimum absolute atomic E-state index is 0.186. The van der Waals surface area contributed by atoms with Gasteiger partial charge < -0.3 is 9.47 Å². The predicted molar refractivity (Wildman–Crippen MR) is 124 cm³/mol. The highest BCUT2D eigenvalue weighted by molar-refractivity contribution is 9.10. The molecule has 3 aromatic rings. The summed E-state index contributed by atoms with van der Waals surface area (Å²) < 4.78 is 12.2. The summed E-state index contributed by atoms with van der Waals surface area (Å²) in [6.07, 6.45) is 0.769. The van der Waals surface area contributed by atoms with Crippen molar-refractivity contribution in [2.75, 3.05) is 11.2 Å². The normalized spacial score (nSPS) is 14.7. The van der Waals surface area contributed by atoms with Crippen molar-refractivity contribution in [3.05, 3.63) is 51.5 Å². The zero-order valence-electron chi connectivity index (χ0n) is 17.1. The van der Waals surface area contributed by atoms with Crippen LogP contribution in [0, 0.1) is 0 Å². The van der Waals surface area contributed by atoms with Crippen molar-refractivity contribution in [1.82, 2.24) is 15.2 Å². The molecule has 2 aromatic carbocycles. The molecule has 1 aliphatic rings. The van der Waals surface area contributed by atoms with E-state index in [-0.39, 0.29) is 17.5 Å². The molecular formula is C21H16BrClN4O4S. The summed E-state index contributed by atoms with van der Waals surface area (Å²) in [6.45, 7) is 2.70. The second-order valence-corrected chi connectivity index (χ2v) is 8.79. The molecule has 0 unspecified atom stereocenters. The van der Waals surface area contributed by atoms with Crippen LogP contribution in [0.5, 0.6) is 11.6 Å². The lowest BCUT2D eigenvalue weighted by Gasteiger charge is -2.31. The van der Waals surface area contributed by atoms with Gasteiger partial charge in [0.15, 0.2) is 11.4 Å². The Morgan fingerprint density at radius 2 is 1.97 bits per heavy atom. The fourth-order valence-corrected chi connectivity index (χ4v) is 4.57. The van der Waals surface area contributed by atoms with Crippen LogP contribution in [0.1, 0.15) is 25.6 Å². The van der Waals surface area contributed by atoms with E-state index >= 15 is 0 Å². The molecule has 1 amide bonds. The van der Waals surface area contributed by atoms with Crippen molar-refractivity contribution >= 4 is 56.9 Å². The summed E-state index contributed by atoms with van der Waals surface area (Å²) in [5.74, 6) is -0.466. The molecule has 32 heavy (non-hydrogen) atoms. The molecule has 8 nitrogen and oxygen atoms in total. The van der Waals surface area contributed by atoms with E-state index in [1.54, 1.807) is 24.3 Å². The van der Waals surface area contributed by atoms with Crippen molar-refractivity contribution in [1.29, 1.82) is 0 Å². The maximum Gasteiger partial charge on any atom is 0.308 e. The van der Waals surface area contributed by atoms with E-state index < -0.39 is 12.2 Å². The number of rotatable bonds is 3. The van der Waals surface area contributed by atoms with Gasteiger partial charge in [0.1, 0.15) is 0 Å². The molecule has 0 spiro atoms. The van der Waals surface area contributed by atoms with Gasteiger partial charge in [0.2, 0.25) is 23.2 Å². The molecule has 0 bridgehead atoms. The molecule has 0 N–H and O–H groups in total. The molecule has 2 heterocycles. The summed E-state index contributed by atoms with van der Waals surface area (Å²) in [5.41, 5.74) is 1.92. The van der Waals surface area contributed by atoms with Gasteiger partial charge in [0.05, 0.1) is 15.7 Å². The molecule has 1 aromatic heterocycles. The molecule has 1 aliphatic heterocycles. The number of thioether (sulfide) groups is 1. The largest absolute Gasteiger partial charge is 0.447 e. The van der Waals surface area contributed by atoms with Crippen LogP contribution in [-0.4, -0.2) is 33.3 Å². The van der Waals surface area contributed by atoms with Crippen molar-refractivity contribution < 1.29 is 19.1 Å². The molecule has 0 radical (unpaired) electrons. The van der Waals surface area contributed by atoms with Crippen LogP contribution in [0.3, 0.4) is 0 Å². The Morgan fingerprint density at radius 1 is 1.22 bits per heavy atom. The van der Waals surface area contributed by atoms with Gasteiger partial charge in [-0.05, 0) is 40.4 Å². The maximum absolute atomic E-state index is 12.9. The fourth-order valence-electron chi connectivity index (χ4n) is 3.36. The summed E-state index contributed by atoms with van der Waals surface area (Å²) in [6, 6.07) is 10.4. The number of ether oxygens (including phenoxy) is 2. The number of nitrogens with zero attached hydrogens (tertiary/aromatic N) is 4. The van der Waals surface area contributed by atoms with Gasteiger partial charge in [-0.25, -0.2) is 0 Å². The average molecular weight is 536 g/mol. The van der Waals surface area contributed by atoms with Crippen LogP contribution < -0.4 is 14.4 Å². The highest BCUT2D eigenvalue weighted by Gasteiger charge is 2.37. The Balaban J connectivity index is 2.02. The molecule has 0 fully saturated rings. The quantitative estimate of drug-likeness (QED) is 0.261. The zero-order valence-corrected chi connectivity index (χ0v) is 20.3. The van der Waals surface area contributed by atoms with Crippen LogP contribution >= 0.6 is 39.3 Å². The number of amides is 1. The average Bonchev–Trinajstić information content (AvgIpc) is 2.89. The second kappa shape index (κ2) is 9.05. The molecule has 0 aliphatic carbocycles. The number of benzene rings is 2. The van der Waals surface area contributed by atoms with Crippen LogP contribution in [0.2, 0.25) is 5.02 Å². The number of hydrogen-bond acceptors (Lipinski definition) is 8. The van der Waals surface area contributed by atoms with Crippen molar-refractivity contribution in [2.45, 2.75) is 25.2 Å². The second-order valence-electron chi connectivity index (χ2n) is 6.73. The van der Waals surface area contributed by atoms with Gasteiger partial charge in [-0.1, -0.05) is 41.6 Å². The molecular weight excluding hydrogens is 520 g/mol. The molecule has 1 atom stereocenters. The smallest absolute Gasteiger partial charge is 0.308 e. The van der Waals surface area contributed by atoms with E-state index in [0.29, 0.717) is 37.2 Å². The number of carbonyl (C=O) groups is 2. The van der Waals surface area contributed by atoms with E-state index in [2.05, 4.69) is 31.1 Å². The Morgan fingerprint density at radius 3 is 2.66 bits per heavy atom. The first-order chi connectivity index (χ1) is 15.3. The molecule has 164 valence electrons. The molecule has 11 heteroatoms. The van der Waals surface area contributed by atoms with E-state index in [9.17, 15) is 9.59 Å². The number of hydrogen-bond donors (Lipinski definition) is 0. The minimum Gasteiger partial charge on any atom is -0.447 e. The first-order valence-corrected chi connectivity index (χ1v) is 11.7. The standard InChI is InChI=1S/C21H16BrClN4O4S/c1-10(28)27-16-7-5-4-6-13(16)17-19(24-21(32-3)26-25-17)31-20(27)14-8-12(23)9-15(22)18(14)30-11(2)29/h4-9,20H,1-3H3/t20-/m1/s1. The van der Waals surface area contributed by atoms with Crippen LogP contribution in [0.25, 0.3) is 11.3 Å². The first-order valence-electron chi connectivity index (χ1n) is 9.32. The Kier molecular flexibility index (Phi) is 6.36. The first kappa shape index (κ1) is 22.5. The third-order valence-electron chi connectivity index (χ3n) is 4.58. The zero-order chi connectivity index (χ0) is 23.0. The van der Waals surface area contributed by atoms with E-state index in [4.69, 9.17) is 21.1 Å². The van der Waals surface area contributed by atoms with Crippen molar-refractivity contribution in [3.8, 4) is 22.9 Å². The Labute approximate surface area is 201 Å². The van der Waals surface area contributed by atoms with Crippen LogP contribution in [-0.2, 0) is 9.59 Å². The molecule has 4 rings (SSSR count). The van der Waals surface area contributed by atoms with E-state index in [0.717, 1.165) is 0 Å². The SMILES string of the molecule is CSc1nnc2c(n1)O[C@H](c1cc(Cl)cc(Br)c1OC(C)=O)N(C(C)=O)c1ccccc1-2. The topological polar surface area (TPSA) is 94.5 Å². The molecule has 0 saturated heterocycles. The van der Waals surface area contributed by atoms with E-state index in [1.807, 2.05) is 18.4 Å². The lowest BCUT2D eigenvalue weighted by Crippen LogP contribution is -2.36. The number of halogens is 2. The third-order valence-corrected chi connectivity index (χ3v) is 5.93. The number of carbonyl (C=O) groups excluding carboxylic acids is 2. The Hall–Kier alpha value is -2.69. The van der Waals surface area contributed by atoms with Gasteiger partial charge >= 0.3 is 5.97 Å². The maximum atomic E-state index is 12.9. The lowest BCUT2D eigenvalue weighted by atomic mass is 10.1. The number of para-hydroxylation sites is 1.